The summed E-state index contributed by atoms with van der Waals surface area (Å²) in [5.41, 5.74) is 2.38. The Kier molecular flexibility index (Phi) is 5.85. The summed E-state index contributed by atoms with van der Waals surface area (Å²) in [5.74, 6) is 5.93. The third-order valence-electron chi connectivity index (χ3n) is 2.57. The van der Waals surface area contributed by atoms with Gasteiger partial charge in [0.1, 0.15) is 12.9 Å². The minimum absolute atomic E-state index is 0.181. The van der Waals surface area contributed by atoms with Crippen molar-refractivity contribution >= 4 is 5.95 Å². The molecule has 9 heteroatoms. The summed E-state index contributed by atoms with van der Waals surface area (Å²) in [5, 5.41) is 0. The highest BCUT2D eigenvalue weighted by atomic mass is 16.5. The van der Waals surface area contributed by atoms with E-state index in [1.54, 1.807) is 23.3 Å². The van der Waals surface area contributed by atoms with Crippen molar-refractivity contribution in [2.75, 3.05) is 25.2 Å². The predicted molar refractivity (Wildman–Crippen MR) is 76.0 cm³/mol. The molecule has 2 aromatic heterocycles. The number of nitrogens with zero attached hydrogens (tertiary/aromatic N) is 5. The fraction of sp³-hybridized carbons (Fsp3) is 0.500. The summed E-state index contributed by atoms with van der Waals surface area (Å²) in [6, 6.07) is 0.181. The van der Waals surface area contributed by atoms with Crippen LogP contribution in [0.5, 0.6) is 6.01 Å². The van der Waals surface area contributed by atoms with Gasteiger partial charge in [0.2, 0.25) is 11.9 Å². The van der Waals surface area contributed by atoms with Gasteiger partial charge < -0.3 is 9.47 Å². The molecule has 0 fully saturated rings. The second kappa shape index (κ2) is 8.12. The molecule has 0 saturated heterocycles. The van der Waals surface area contributed by atoms with Crippen LogP contribution in [0.1, 0.15) is 19.8 Å². The lowest BCUT2D eigenvalue weighted by molar-refractivity contribution is 0.0947. The van der Waals surface area contributed by atoms with Gasteiger partial charge in [-0.15, -0.1) is 0 Å². The Balaban J connectivity index is 1.94. The van der Waals surface area contributed by atoms with Crippen molar-refractivity contribution in [3.05, 3.63) is 18.7 Å². The largest absolute Gasteiger partial charge is 0.461 e. The number of aromatic nitrogens is 5. The van der Waals surface area contributed by atoms with E-state index in [0.717, 1.165) is 19.4 Å². The van der Waals surface area contributed by atoms with Gasteiger partial charge in [-0.3, -0.25) is 9.99 Å². The number of hydrogen-bond donors (Lipinski definition) is 2. The van der Waals surface area contributed by atoms with Crippen LogP contribution in [0, 0.1) is 0 Å². The Labute approximate surface area is 122 Å². The molecule has 0 aliphatic heterocycles. The van der Waals surface area contributed by atoms with Crippen molar-refractivity contribution in [2.45, 2.75) is 19.8 Å². The van der Waals surface area contributed by atoms with Crippen molar-refractivity contribution in [1.29, 1.82) is 0 Å². The molecule has 0 radical (unpaired) electrons. The second-order valence-corrected chi connectivity index (χ2v) is 4.17. The van der Waals surface area contributed by atoms with Crippen LogP contribution < -0.4 is 16.0 Å². The fourth-order valence-corrected chi connectivity index (χ4v) is 1.51. The Morgan fingerprint density at radius 2 is 2.14 bits per heavy atom. The predicted octanol–water partition coefficient (Wildman–Crippen LogP) is 0.538. The molecule has 0 aliphatic rings. The van der Waals surface area contributed by atoms with Gasteiger partial charge in [0.15, 0.2) is 0 Å². The molecule has 0 spiro atoms. The quantitative estimate of drug-likeness (QED) is 0.391. The third-order valence-corrected chi connectivity index (χ3v) is 2.57. The van der Waals surface area contributed by atoms with Crippen LogP contribution in [0.2, 0.25) is 0 Å². The van der Waals surface area contributed by atoms with Crippen molar-refractivity contribution in [1.82, 2.24) is 24.5 Å². The zero-order chi connectivity index (χ0) is 14.9. The number of ether oxygens (including phenoxy) is 2. The highest BCUT2D eigenvalue weighted by molar-refractivity contribution is 5.28. The number of nitrogens with two attached hydrogens (primary N) is 1. The number of hydrogen-bond acceptors (Lipinski definition) is 8. The van der Waals surface area contributed by atoms with Crippen molar-refractivity contribution in [3.63, 3.8) is 0 Å². The molecule has 9 nitrogen and oxygen atoms in total. The first-order valence-corrected chi connectivity index (χ1v) is 6.75. The molecular weight excluding hydrogens is 274 g/mol. The van der Waals surface area contributed by atoms with E-state index in [9.17, 15) is 0 Å². The second-order valence-electron chi connectivity index (χ2n) is 4.17. The molecule has 0 atom stereocenters. The Morgan fingerprint density at radius 1 is 1.24 bits per heavy atom. The smallest absolute Gasteiger partial charge is 0.323 e. The topological polar surface area (TPSA) is 113 Å². The minimum atomic E-state index is 0.181. The maximum Gasteiger partial charge on any atom is 0.323 e. The van der Waals surface area contributed by atoms with E-state index in [1.807, 2.05) is 0 Å². The molecule has 2 heterocycles. The zero-order valence-corrected chi connectivity index (χ0v) is 11.9. The fourth-order valence-electron chi connectivity index (χ4n) is 1.51. The van der Waals surface area contributed by atoms with Gasteiger partial charge in [0, 0.05) is 19.0 Å². The first-order valence-electron chi connectivity index (χ1n) is 6.75. The first kappa shape index (κ1) is 15.1. The number of anilines is 1. The van der Waals surface area contributed by atoms with Crippen molar-refractivity contribution in [2.24, 2.45) is 5.84 Å². The summed E-state index contributed by atoms with van der Waals surface area (Å²) in [4.78, 5) is 16.3. The van der Waals surface area contributed by atoms with Crippen LogP contribution in [0.3, 0.4) is 0 Å². The summed E-state index contributed by atoms with van der Waals surface area (Å²) >= 11 is 0. The van der Waals surface area contributed by atoms with Crippen LogP contribution in [0.25, 0.3) is 5.95 Å². The third kappa shape index (κ3) is 4.65. The highest BCUT2D eigenvalue weighted by Gasteiger charge is 2.08. The lowest BCUT2D eigenvalue weighted by Gasteiger charge is -2.08. The maximum absolute atomic E-state index is 5.45. The molecule has 2 rings (SSSR count). The van der Waals surface area contributed by atoms with Gasteiger partial charge in [-0.25, -0.2) is 10.8 Å². The van der Waals surface area contributed by atoms with Crippen LogP contribution in [0.4, 0.5) is 5.95 Å². The van der Waals surface area contributed by atoms with Gasteiger partial charge in [-0.1, -0.05) is 13.3 Å². The highest BCUT2D eigenvalue weighted by Crippen LogP contribution is 2.10. The summed E-state index contributed by atoms with van der Waals surface area (Å²) < 4.78 is 12.5. The van der Waals surface area contributed by atoms with E-state index in [4.69, 9.17) is 15.3 Å². The molecule has 0 saturated carbocycles. The Morgan fingerprint density at radius 3 is 2.86 bits per heavy atom. The average molecular weight is 293 g/mol. The van der Waals surface area contributed by atoms with Gasteiger partial charge in [0.25, 0.3) is 0 Å². The average Bonchev–Trinajstić information content (AvgIpc) is 3.05. The van der Waals surface area contributed by atoms with Crippen molar-refractivity contribution in [3.8, 4) is 12.0 Å². The molecule has 0 aliphatic carbocycles. The molecular formula is C12H19N7O2. The molecule has 0 amide bonds. The number of rotatable bonds is 9. The molecule has 0 aromatic carbocycles. The van der Waals surface area contributed by atoms with E-state index in [-0.39, 0.29) is 12.0 Å². The van der Waals surface area contributed by atoms with E-state index in [2.05, 4.69) is 32.3 Å². The molecule has 21 heavy (non-hydrogen) atoms. The molecule has 3 N–H and O–H groups in total. The molecule has 0 unspecified atom stereocenters. The lowest BCUT2D eigenvalue weighted by atomic mass is 10.4. The van der Waals surface area contributed by atoms with E-state index in [1.165, 1.54) is 0 Å². The van der Waals surface area contributed by atoms with Crippen LogP contribution in [-0.2, 0) is 4.74 Å². The number of nitrogens with one attached hydrogen (secondary N) is 1. The number of hydrazine groups is 1. The molecule has 114 valence electrons. The van der Waals surface area contributed by atoms with Gasteiger partial charge in [-0.05, 0) is 6.42 Å². The van der Waals surface area contributed by atoms with Crippen LogP contribution in [0.15, 0.2) is 18.7 Å². The monoisotopic (exact) mass is 293 g/mol. The SMILES string of the molecule is CCCCOCCOc1nc(NN)nc(-n2ccnc2)n1. The van der Waals surface area contributed by atoms with Crippen molar-refractivity contribution < 1.29 is 9.47 Å². The number of nitrogen functional groups attached to an aromatic ring is 1. The summed E-state index contributed by atoms with van der Waals surface area (Å²) in [6.45, 7) is 3.69. The Hall–Kier alpha value is -2.26. The molecule has 2 aromatic rings. The normalized spacial score (nSPS) is 10.6. The maximum atomic E-state index is 5.45. The number of unbranched alkanes of at least 4 members (excludes halogenated alkanes) is 1. The Bertz CT molecular complexity index is 532. The van der Waals surface area contributed by atoms with E-state index in [0.29, 0.717) is 19.2 Å². The van der Waals surface area contributed by atoms with Gasteiger partial charge >= 0.3 is 6.01 Å². The summed E-state index contributed by atoms with van der Waals surface area (Å²) in [6.07, 6.45) is 7.06. The van der Waals surface area contributed by atoms with Crippen LogP contribution in [-0.4, -0.2) is 44.3 Å². The van der Waals surface area contributed by atoms with E-state index < -0.39 is 0 Å². The van der Waals surface area contributed by atoms with E-state index >= 15 is 0 Å². The zero-order valence-electron chi connectivity index (χ0n) is 11.9. The number of imidazole rings is 1. The standard InChI is InChI=1S/C12H19N7O2/c1-2-3-6-20-7-8-21-12-16-10(18-13)15-11(17-12)19-5-4-14-9-19/h4-5,9H,2-3,6-8,13H2,1H3,(H,15,16,17,18). The van der Waals surface area contributed by atoms with Gasteiger partial charge in [-0.2, -0.15) is 15.0 Å². The minimum Gasteiger partial charge on any atom is -0.461 e. The summed E-state index contributed by atoms with van der Waals surface area (Å²) in [7, 11) is 0. The lowest BCUT2D eigenvalue weighted by Crippen LogP contribution is -2.15. The van der Waals surface area contributed by atoms with Gasteiger partial charge in [0.05, 0.1) is 6.61 Å². The molecule has 0 bridgehead atoms. The first-order chi connectivity index (χ1) is 10.3. The van der Waals surface area contributed by atoms with Crippen LogP contribution >= 0.6 is 0 Å².